The van der Waals surface area contributed by atoms with E-state index in [-0.39, 0.29) is 18.7 Å². The highest BCUT2D eigenvalue weighted by Crippen LogP contribution is 2.10. The van der Waals surface area contributed by atoms with Gasteiger partial charge >= 0.3 is 6.03 Å². The summed E-state index contributed by atoms with van der Waals surface area (Å²) >= 11 is 0. The van der Waals surface area contributed by atoms with Crippen molar-refractivity contribution in [2.75, 3.05) is 6.54 Å². The molecule has 2 amide bonds. The van der Waals surface area contributed by atoms with Gasteiger partial charge in [0.1, 0.15) is 11.9 Å². The van der Waals surface area contributed by atoms with Crippen LogP contribution in [0.1, 0.15) is 18.1 Å². The van der Waals surface area contributed by atoms with Crippen molar-refractivity contribution in [1.29, 1.82) is 0 Å². The van der Waals surface area contributed by atoms with Crippen molar-refractivity contribution in [2.24, 2.45) is 0 Å². The minimum atomic E-state index is -0.263. The first-order chi connectivity index (χ1) is 11.2. The zero-order valence-electron chi connectivity index (χ0n) is 13.2. The fraction of sp³-hybridized carbons (Fsp3) is 0.278. The molecule has 0 fully saturated rings. The Hall–Kier alpha value is -2.53. The number of urea groups is 1. The zero-order chi connectivity index (χ0) is 16.5. The van der Waals surface area contributed by atoms with Gasteiger partial charge in [0.2, 0.25) is 0 Å². The summed E-state index contributed by atoms with van der Waals surface area (Å²) in [7, 11) is 0. The van der Waals surface area contributed by atoms with Gasteiger partial charge < -0.3 is 20.5 Å². The lowest BCUT2D eigenvalue weighted by molar-refractivity contribution is 0.207. The molecule has 5 heteroatoms. The molecule has 0 aliphatic carbocycles. The number of benzene rings is 2. The molecule has 0 heterocycles. The Kier molecular flexibility index (Phi) is 6.44. The molecule has 0 radical (unpaired) electrons. The van der Waals surface area contributed by atoms with Gasteiger partial charge in [-0.2, -0.15) is 0 Å². The van der Waals surface area contributed by atoms with Crippen LogP contribution in [0.3, 0.4) is 0 Å². The average molecular weight is 314 g/mol. The van der Waals surface area contributed by atoms with Gasteiger partial charge in [0.15, 0.2) is 0 Å². The summed E-state index contributed by atoms with van der Waals surface area (Å²) in [6, 6.07) is 16.7. The molecule has 0 aliphatic heterocycles. The number of nitrogens with one attached hydrogen (secondary N) is 2. The maximum Gasteiger partial charge on any atom is 0.315 e. The molecule has 0 saturated heterocycles. The van der Waals surface area contributed by atoms with Crippen LogP contribution in [-0.2, 0) is 13.2 Å². The van der Waals surface area contributed by atoms with Crippen LogP contribution in [0.2, 0.25) is 0 Å². The summed E-state index contributed by atoms with van der Waals surface area (Å²) in [4.78, 5) is 11.8. The van der Waals surface area contributed by atoms with Crippen molar-refractivity contribution in [3.8, 4) is 5.75 Å². The van der Waals surface area contributed by atoms with E-state index in [0.29, 0.717) is 13.1 Å². The number of aliphatic hydroxyl groups excluding tert-OH is 1. The van der Waals surface area contributed by atoms with E-state index in [1.165, 1.54) is 0 Å². The molecule has 0 spiro atoms. The van der Waals surface area contributed by atoms with Crippen LogP contribution in [0.15, 0.2) is 54.6 Å². The molecule has 1 unspecified atom stereocenters. The van der Waals surface area contributed by atoms with Crippen LogP contribution >= 0.6 is 0 Å². The summed E-state index contributed by atoms with van der Waals surface area (Å²) in [5.41, 5.74) is 1.72. The first kappa shape index (κ1) is 16.8. The average Bonchev–Trinajstić information content (AvgIpc) is 2.59. The second-order valence-electron chi connectivity index (χ2n) is 5.23. The number of aliphatic hydroxyl groups is 1. The second-order valence-corrected chi connectivity index (χ2v) is 5.23. The molecule has 0 bridgehead atoms. The van der Waals surface area contributed by atoms with E-state index in [0.717, 1.165) is 16.9 Å². The normalized spacial score (nSPS) is 11.6. The SMILES string of the molecule is CC(CNC(=O)NCc1ccccc1CO)Oc1ccccc1. The van der Waals surface area contributed by atoms with Gasteiger partial charge in [-0.3, -0.25) is 0 Å². The highest BCUT2D eigenvalue weighted by molar-refractivity contribution is 5.73. The van der Waals surface area contributed by atoms with Crippen LogP contribution in [-0.4, -0.2) is 23.8 Å². The number of carbonyl (C=O) groups excluding carboxylic acids is 1. The zero-order valence-corrected chi connectivity index (χ0v) is 13.2. The minimum absolute atomic E-state index is 0.0403. The number of hydrogen-bond acceptors (Lipinski definition) is 3. The van der Waals surface area contributed by atoms with Gasteiger partial charge in [0.05, 0.1) is 13.2 Å². The van der Waals surface area contributed by atoms with Crippen molar-refractivity contribution in [1.82, 2.24) is 10.6 Å². The van der Waals surface area contributed by atoms with Crippen LogP contribution in [0.4, 0.5) is 4.79 Å². The third-order valence-electron chi connectivity index (χ3n) is 3.36. The fourth-order valence-corrected chi connectivity index (χ4v) is 2.13. The quantitative estimate of drug-likeness (QED) is 0.735. The first-order valence-electron chi connectivity index (χ1n) is 7.60. The van der Waals surface area contributed by atoms with Crippen LogP contribution in [0.5, 0.6) is 5.75 Å². The lowest BCUT2D eigenvalue weighted by atomic mass is 10.1. The summed E-state index contributed by atoms with van der Waals surface area (Å²) in [6.07, 6.45) is -0.132. The predicted octanol–water partition coefficient (Wildman–Crippen LogP) is 2.45. The maximum atomic E-state index is 11.8. The number of amides is 2. The Morgan fingerprint density at radius 3 is 2.39 bits per heavy atom. The largest absolute Gasteiger partial charge is 0.489 e. The summed E-state index contributed by atoms with van der Waals surface area (Å²) in [5, 5.41) is 14.8. The van der Waals surface area contributed by atoms with Gasteiger partial charge in [0.25, 0.3) is 0 Å². The number of hydrogen-bond donors (Lipinski definition) is 3. The lowest BCUT2D eigenvalue weighted by Gasteiger charge is -2.16. The van der Waals surface area contributed by atoms with Crippen molar-refractivity contribution in [2.45, 2.75) is 26.2 Å². The molecule has 5 nitrogen and oxygen atoms in total. The molecular formula is C18H22N2O3. The Bertz CT molecular complexity index is 617. The maximum absolute atomic E-state index is 11.8. The van der Waals surface area contributed by atoms with Crippen molar-refractivity contribution in [3.05, 3.63) is 65.7 Å². The van der Waals surface area contributed by atoms with E-state index in [9.17, 15) is 9.90 Å². The predicted molar refractivity (Wildman–Crippen MR) is 89.1 cm³/mol. The van der Waals surface area contributed by atoms with Crippen LogP contribution in [0.25, 0.3) is 0 Å². The highest BCUT2D eigenvalue weighted by atomic mass is 16.5. The van der Waals surface area contributed by atoms with E-state index in [1.54, 1.807) is 0 Å². The highest BCUT2D eigenvalue weighted by Gasteiger charge is 2.07. The molecule has 0 aromatic heterocycles. The number of rotatable bonds is 7. The van der Waals surface area contributed by atoms with E-state index in [1.807, 2.05) is 61.5 Å². The molecule has 0 saturated carbocycles. The smallest absolute Gasteiger partial charge is 0.315 e. The van der Waals surface area contributed by atoms with Crippen molar-refractivity contribution in [3.63, 3.8) is 0 Å². The molecule has 0 aliphatic rings. The monoisotopic (exact) mass is 314 g/mol. The van der Waals surface area contributed by atoms with Gasteiger partial charge in [-0.05, 0) is 30.2 Å². The van der Waals surface area contributed by atoms with Gasteiger partial charge in [0, 0.05) is 6.54 Å². The number of carbonyl (C=O) groups is 1. The number of ether oxygens (including phenoxy) is 1. The molecule has 23 heavy (non-hydrogen) atoms. The standard InChI is InChI=1S/C18H22N2O3/c1-14(23-17-9-3-2-4-10-17)11-19-18(22)20-12-15-7-5-6-8-16(15)13-21/h2-10,14,21H,11-13H2,1H3,(H2,19,20,22). The summed E-state index contributed by atoms with van der Waals surface area (Å²) < 4.78 is 5.69. The lowest BCUT2D eigenvalue weighted by Crippen LogP contribution is -2.40. The Morgan fingerprint density at radius 1 is 1.04 bits per heavy atom. The van der Waals surface area contributed by atoms with Gasteiger partial charge in [-0.15, -0.1) is 0 Å². The molecule has 2 rings (SSSR count). The molecular weight excluding hydrogens is 292 g/mol. The molecule has 122 valence electrons. The topological polar surface area (TPSA) is 70.6 Å². The van der Waals surface area contributed by atoms with Crippen molar-refractivity contribution < 1.29 is 14.6 Å². The summed E-state index contributed by atoms with van der Waals surface area (Å²) in [6.45, 7) is 2.63. The first-order valence-corrected chi connectivity index (χ1v) is 7.60. The third-order valence-corrected chi connectivity index (χ3v) is 3.36. The van der Waals surface area contributed by atoms with Crippen LogP contribution in [0, 0.1) is 0 Å². The number of para-hydroxylation sites is 1. The Balaban J connectivity index is 1.72. The summed E-state index contributed by atoms with van der Waals surface area (Å²) in [5.74, 6) is 0.777. The molecule has 2 aromatic rings. The van der Waals surface area contributed by atoms with E-state index in [2.05, 4.69) is 10.6 Å². The minimum Gasteiger partial charge on any atom is -0.489 e. The molecule has 2 aromatic carbocycles. The Labute approximate surface area is 136 Å². The van der Waals surface area contributed by atoms with Gasteiger partial charge in [-0.25, -0.2) is 4.79 Å². The molecule has 1 atom stereocenters. The van der Waals surface area contributed by atoms with Crippen LogP contribution < -0.4 is 15.4 Å². The van der Waals surface area contributed by atoms with Gasteiger partial charge in [-0.1, -0.05) is 42.5 Å². The van der Waals surface area contributed by atoms with E-state index in [4.69, 9.17) is 4.74 Å². The fourth-order valence-electron chi connectivity index (χ4n) is 2.13. The van der Waals surface area contributed by atoms with E-state index >= 15 is 0 Å². The van der Waals surface area contributed by atoms with Crippen molar-refractivity contribution >= 4 is 6.03 Å². The Morgan fingerprint density at radius 2 is 1.70 bits per heavy atom. The third kappa shape index (κ3) is 5.64. The second kappa shape index (κ2) is 8.80. The van der Waals surface area contributed by atoms with E-state index < -0.39 is 0 Å². The molecule has 3 N–H and O–H groups in total.